The summed E-state index contributed by atoms with van der Waals surface area (Å²) in [5, 5.41) is 21.5. The zero-order chi connectivity index (χ0) is 9.02. The minimum absolute atomic E-state index is 0. The Labute approximate surface area is 94.5 Å². The molecule has 0 unspecified atom stereocenters. The Hall–Kier alpha value is -0.982. The molecule has 0 radical (unpaired) electrons. The first-order valence-corrected chi connectivity index (χ1v) is 2.64. The van der Waals surface area contributed by atoms with Gasteiger partial charge in [-0.3, -0.25) is 4.79 Å². The fraction of sp³-hybridized carbons (Fsp3) is 0.400. The van der Waals surface area contributed by atoms with Gasteiger partial charge in [0.25, 0.3) is 0 Å². The number of amides is 1. The molecular formula is C5H11N3O5Pt. The van der Waals surface area contributed by atoms with Crippen LogP contribution in [0.5, 0.6) is 0 Å². The first-order chi connectivity index (χ1) is 4.95. The number of hydrogen-bond donors (Lipinski definition) is 3. The van der Waals surface area contributed by atoms with Gasteiger partial charge in [-0.25, -0.2) is 0 Å². The number of carbonyl (C=O) groups excluding carboxylic acids is 3. The van der Waals surface area contributed by atoms with Crippen molar-refractivity contribution in [1.29, 1.82) is 0 Å². The summed E-state index contributed by atoms with van der Waals surface area (Å²) in [6, 6.07) is -2.08. The second-order valence-electron chi connectivity index (χ2n) is 1.77. The summed E-state index contributed by atoms with van der Waals surface area (Å²) in [6.45, 7) is 0.985. The molecule has 0 saturated carbocycles. The second kappa shape index (κ2) is 10.1. The van der Waals surface area contributed by atoms with Gasteiger partial charge >= 0.3 is 21.1 Å². The predicted octanol–water partition coefficient (Wildman–Crippen LogP) is -3.69. The molecule has 0 aromatic carbocycles. The zero-order valence-electron chi connectivity index (χ0n) is 7.35. The van der Waals surface area contributed by atoms with E-state index in [0.29, 0.717) is 0 Å². The summed E-state index contributed by atoms with van der Waals surface area (Å²) in [5.41, 5.74) is 0. The molecule has 1 amide bonds. The minimum Gasteiger partial charge on any atom is -0.547 e. The van der Waals surface area contributed by atoms with E-state index < -0.39 is 23.9 Å². The summed E-state index contributed by atoms with van der Waals surface area (Å²) in [7, 11) is 0. The largest absolute Gasteiger partial charge is 2.00 e. The van der Waals surface area contributed by atoms with Crippen molar-refractivity contribution in [2.45, 2.75) is 13.0 Å². The third-order valence-corrected chi connectivity index (χ3v) is 0.819. The number of carboxylic acids is 2. The number of carboxylic acid groups (broad SMARTS) is 2. The van der Waals surface area contributed by atoms with Gasteiger partial charge in [-0.15, -0.1) is 0 Å². The first-order valence-electron chi connectivity index (χ1n) is 2.64. The monoisotopic (exact) mass is 388 g/mol. The molecule has 0 fully saturated rings. The molecule has 8 nitrogen and oxygen atoms in total. The summed E-state index contributed by atoms with van der Waals surface area (Å²) in [5.74, 6) is -4.58. The standard InChI is InChI=1S/C5H7NO5.2H3N.Pt/c1-2(7)6-3(4(8)9)5(10)11;;;/h3H,1H3,(H,6,7)(H,8,9)(H,10,11);2*1H3;/q;;;+2/p-2. The molecular weight excluding hydrogens is 377 g/mol. The number of aliphatic carboxylic acids is 2. The Morgan fingerprint density at radius 1 is 1.07 bits per heavy atom. The van der Waals surface area contributed by atoms with E-state index in [1.54, 1.807) is 5.32 Å². The molecule has 0 bridgehead atoms. The molecule has 0 aromatic rings. The molecule has 0 aliphatic heterocycles. The van der Waals surface area contributed by atoms with Crippen molar-refractivity contribution in [2.24, 2.45) is 0 Å². The molecule has 14 heavy (non-hydrogen) atoms. The average molecular weight is 388 g/mol. The Bertz CT molecular complexity index is 196. The molecule has 0 aromatic heterocycles. The van der Waals surface area contributed by atoms with Gasteiger partial charge in [0.2, 0.25) is 5.91 Å². The average Bonchev–Trinajstić information content (AvgIpc) is 1.81. The van der Waals surface area contributed by atoms with E-state index in [-0.39, 0.29) is 33.4 Å². The van der Waals surface area contributed by atoms with Crippen LogP contribution in [0, 0.1) is 0 Å². The van der Waals surface area contributed by atoms with Gasteiger partial charge in [-0.05, 0) is 0 Å². The van der Waals surface area contributed by atoms with Gasteiger partial charge in [-0.1, -0.05) is 0 Å². The predicted molar refractivity (Wildman–Crippen MR) is 37.7 cm³/mol. The Kier molecular flexibility index (Phi) is 16.7. The van der Waals surface area contributed by atoms with Crippen LogP contribution in [0.4, 0.5) is 0 Å². The Morgan fingerprint density at radius 3 is 1.43 bits per heavy atom. The Balaban J connectivity index is -0.000000167. The van der Waals surface area contributed by atoms with E-state index in [9.17, 15) is 24.6 Å². The van der Waals surface area contributed by atoms with Gasteiger partial charge in [0.15, 0.2) is 0 Å². The normalized spacial score (nSPS) is 7.29. The quantitative estimate of drug-likeness (QED) is 0.416. The van der Waals surface area contributed by atoms with E-state index in [1.807, 2.05) is 0 Å². The maximum atomic E-state index is 10.2. The van der Waals surface area contributed by atoms with Crippen molar-refractivity contribution < 1.29 is 45.7 Å². The SMILES string of the molecule is CC(=O)NC(C(=O)[O-])C(=O)[O-].N.N.[Pt+2]. The first kappa shape index (κ1) is 23.1. The van der Waals surface area contributed by atoms with Crippen LogP contribution < -0.4 is 27.8 Å². The van der Waals surface area contributed by atoms with Crippen molar-refractivity contribution in [3.8, 4) is 0 Å². The smallest absolute Gasteiger partial charge is 0.547 e. The number of hydrogen-bond acceptors (Lipinski definition) is 7. The van der Waals surface area contributed by atoms with Crippen molar-refractivity contribution in [3.05, 3.63) is 0 Å². The fourth-order valence-electron chi connectivity index (χ4n) is 0.417. The van der Waals surface area contributed by atoms with Crippen LogP contribution in [0.15, 0.2) is 0 Å². The fourth-order valence-corrected chi connectivity index (χ4v) is 0.417. The number of nitrogens with one attached hydrogen (secondary N) is 1. The molecule has 9 heteroatoms. The molecule has 0 aliphatic rings. The molecule has 0 rings (SSSR count). The van der Waals surface area contributed by atoms with Gasteiger partial charge in [0, 0.05) is 6.92 Å². The molecule has 0 atom stereocenters. The van der Waals surface area contributed by atoms with Gasteiger partial charge in [0.05, 0.1) is 11.9 Å². The van der Waals surface area contributed by atoms with Crippen molar-refractivity contribution in [1.82, 2.24) is 17.6 Å². The third-order valence-electron chi connectivity index (χ3n) is 0.819. The summed E-state index contributed by atoms with van der Waals surface area (Å²) in [4.78, 5) is 30.0. The van der Waals surface area contributed by atoms with E-state index >= 15 is 0 Å². The molecule has 0 saturated heterocycles. The van der Waals surface area contributed by atoms with E-state index in [0.717, 1.165) is 6.92 Å². The maximum absolute atomic E-state index is 10.2. The number of rotatable bonds is 3. The van der Waals surface area contributed by atoms with Crippen molar-refractivity contribution in [3.63, 3.8) is 0 Å². The van der Waals surface area contributed by atoms with Crippen LogP contribution in [-0.4, -0.2) is 23.9 Å². The topological polar surface area (TPSA) is 179 Å². The minimum atomic E-state index is -2.08. The molecule has 0 heterocycles. The molecule has 7 N–H and O–H groups in total. The van der Waals surface area contributed by atoms with E-state index in [4.69, 9.17) is 0 Å². The van der Waals surface area contributed by atoms with Crippen LogP contribution in [0.2, 0.25) is 0 Å². The van der Waals surface area contributed by atoms with Crippen LogP contribution >= 0.6 is 0 Å². The second-order valence-corrected chi connectivity index (χ2v) is 1.77. The van der Waals surface area contributed by atoms with Gasteiger partial charge in [-0.2, -0.15) is 0 Å². The van der Waals surface area contributed by atoms with E-state index in [1.165, 1.54) is 0 Å². The van der Waals surface area contributed by atoms with Crippen molar-refractivity contribution in [2.75, 3.05) is 0 Å². The zero-order valence-corrected chi connectivity index (χ0v) is 9.62. The van der Waals surface area contributed by atoms with Gasteiger partial charge in [0.1, 0.15) is 6.04 Å². The van der Waals surface area contributed by atoms with Crippen LogP contribution in [0.1, 0.15) is 6.92 Å². The molecule has 86 valence electrons. The van der Waals surface area contributed by atoms with Crippen molar-refractivity contribution >= 4 is 17.8 Å². The van der Waals surface area contributed by atoms with Crippen LogP contribution in [0.25, 0.3) is 0 Å². The molecule has 0 spiro atoms. The maximum Gasteiger partial charge on any atom is 2.00 e. The van der Waals surface area contributed by atoms with E-state index in [2.05, 4.69) is 0 Å². The summed E-state index contributed by atoms with van der Waals surface area (Å²) >= 11 is 0. The third kappa shape index (κ3) is 9.11. The van der Waals surface area contributed by atoms with Crippen LogP contribution in [-0.2, 0) is 35.4 Å². The summed E-state index contributed by atoms with van der Waals surface area (Å²) < 4.78 is 0. The summed E-state index contributed by atoms with van der Waals surface area (Å²) in [6.07, 6.45) is 0. The molecule has 0 aliphatic carbocycles. The number of carbonyl (C=O) groups is 3. The van der Waals surface area contributed by atoms with Crippen LogP contribution in [0.3, 0.4) is 0 Å². The van der Waals surface area contributed by atoms with Gasteiger partial charge < -0.3 is 37.4 Å². The Morgan fingerprint density at radius 2 is 1.36 bits per heavy atom.